The summed E-state index contributed by atoms with van der Waals surface area (Å²) in [5.41, 5.74) is 2.65. The Balaban J connectivity index is 1.69. The van der Waals surface area contributed by atoms with E-state index in [4.69, 9.17) is 9.47 Å². The minimum atomic E-state index is -0.262. The highest BCUT2D eigenvalue weighted by Gasteiger charge is 2.09. The van der Waals surface area contributed by atoms with Crippen molar-refractivity contribution >= 4 is 43.8 Å². The van der Waals surface area contributed by atoms with Crippen molar-refractivity contribution in [3.63, 3.8) is 0 Å². The van der Waals surface area contributed by atoms with Gasteiger partial charge < -0.3 is 9.47 Å². The predicted octanol–water partition coefficient (Wildman–Crippen LogP) is 7.08. The molecule has 6 heteroatoms. The summed E-state index contributed by atoms with van der Waals surface area (Å²) >= 11 is 7.09. The summed E-state index contributed by atoms with van der Waals surface area (Å²) in [5.74, 6) is 1.25. The van der Waals surface area contributed by atoms with E-state index in [1.54, 1.807) is 18.3 Å². The van der Waals surface area contributed by atoms with Crippen LogP contribution in [0.25, 0.3) is 0 Å². The first kappa shape index (κ1) is 20.6. The molecule has 0 N–H and O–H groups in total. The molecule has 0 saturated heterocycles. The molecule has 0 heterocycles. The smallest absolute Gasteiger partial charge is 0.148 e. The lowest BCUT2D eigenvalue weighted by Gasteiger charge is -2.11. The van der Waals surface area contributed by atoms with E-state index in [2.05, 4.69) is 36.9 Å². The van der Waals surface area contributed by atoms with Crippen molar-refractivity contribution < 1.29 is 13.9 Å². The number of rotatable bonds is 7. The van der Waals surface area contributed by atoms with Crippen molar-refractivity contribution in [2.45, 2.75) is 13.5 Å². The van der Waals surface area contributed by atoms with E-state index >= 15 is 0 Å². The summed E-state index contributed by atoms with van der Waals surface area (Å²) in [7, 11) is 0. The topological polar surface area (TPSA) is 30.8 Å². The lowest BCUT2D eigenvalue weighted by atomic mass is 10.2. The van der Waals surface area contributed by atoms with Gasteiger partial charge in [-0.3, -0.25) is 4.99 Å². The third-order valence-corrected chi connectivity index (χ3v) is 5.01. The molecule has 3 rings (SSSR count). The summed E-state index contributed by atoms with van der Waals surface area (Å²) in [6, 6.07) is 17.7. The zero-order valence-corrected chi connectivity index (χ0v) is 18.3. The van der Waals surface area contributed by atoms with Gasteiger partial charge in [-0.05, 0) is 98.4 Å². The van der Waals surface area contributed by atoms with Gasteiger partial charge >= 0.3 is 0 Å². The van der Waals surface area contributed by atoms with Gasteiger partial charge in [0.15, 0.2) is 0 Å². The van der Waals surface area contributed by atoms with Crippen molar-refractivity contribution in [2.75, 3.05) is 6.61 Å². The van der Waals surface area contributed by atoms with E-state index in [1.165, 1.54) is 12.1 Å². The maximum absolute atomic E-state index is 13.0. The van der Waals surface area contributed by atoms with E-state index in [9.17, 15) is 4.39 Å². The van der Waals surface area contributed by atoms with Gasteiger partial charge in [0, 0.05) is 6.21 Å². The fraction of sp³-hybridized carbons (Fsp3) is 0.136. The Morgan fingerprint density at radius 1 is 0.929 bits per heavy atom. The van der Waals surface area contributed by atoms with Crippen LogP contribution < -0.4 is 9.47 Å². The molecule has 0 bridgehead atoms. The molecule has 0 spiro atoms. The highest BCUT2D eigenvalue weighted by Crippen LogP contribution is 2.35. The Hall–Kier alpha value is -2.18. The zero-order chi connectivity index (χ0) is 19.9. The fourth-order valence-corrected chi connectivity index (χ4v) is 3.92. The lowest BCUT2D eigenvalue weighted by molar-refractivity contribution is 0.302. The second-order valence-electron chi connectivity index (χ2n) is 5.91. The van der Waals surface area contributed by atoms with E-state index in [-0.39, 0.29) is 5.82 Å². The first-order valence-corrected chi connectivity index (χ1v) is 10.3. The molecule has 0 aliphatic rings. The number of nitrogens with zero attached hydrogens (tertiary/aromatic N) is 1. The van der Waals surface area contributed by atoms with Gasteiger partial charge in [-0.15, -0.1) is 0 Å². The van der Waals surface area contributed by atoms with Gasteiger partial charge in [0.25, 0.3) is 0 Å². The number of hydrogen-bond donors (Lipinski definition) is 0. The Morgan fingerprint density at radius 2 is 1.57 bits per heavy atom. The molecular weight excluding hydrogens is 489 g/mol. The van der Waals surface area contributed by atoms with Crippen molar-refractivity contribution in [1.29, 1.82) is 0 Å². The van der Waals surface area contributed by atoms with Crippen LogP contribution in [0, 0.1) is 5.82 Å². The van der Waals surface area contributed by atoms with Gasteiger partial charge in [-0.25, -0.2) is 4.39 Å². The van der Waals surface area contributed by atoms with Crippen molar-refractivity contribution in [2.24, 2.45) is 4.99 Å². The molecule has 0 aliphatic heterocycles. The summed E-state index contributed by atoms with van der Waals surface area (Å²) in [6.45, 7) is 2.94. The maximum Gasteiger partial charge on any atom is 0.148 e. The average molecular weight is 507 g/mol. The summed E-state index contributed by atoms with van der Waals surface area (Å²) in [4.78, 5) is 4.49. The maximum atomic E-state index is 13.0. The molecular formula is C22H18Br2FNO2. The van der Waals surface area contributed by atoms with Crippen LogP contribution in [-0.2, 0) is 6.61 Å². The van der Waals surface area contributed by atoms with Gasteiger partial charge in [0.1, 0.15) is 23.9 Å². The Labute approximate surface area is 180 Å². The second-order valence-corrected chi connectivity index (χ2v) is 7.62. The Kier molecular flexibility index (Phi) is 7.23. The molecule has 3 nitrogen and oxygen atoms in total. The van der Waals surface area contributed by atoms with Crippen LogP contribution >= 0.6 is 31.9 Å². The Morgan fingerprint density at radius 3 is 2.18 bits per heavy atom. The third-order valence-electron chi connectivity index (χ3n) is 3.83. The van der Waals surface area contributed by atoms with Crippen LogP contribution in [0.15, 0.2) is 74.6 Å². The van der Waals surface area contributed by atoms with Gasteiger partial charge in [0.05, 0.1) is 21.2 Å². The summed E-state index contributed by atoms with van der Waals surface area (Å²) < 4.78 is 25.9. The molecule has 0 radical (unpaired) electrons. The van der Waals surface area contributed by atoms with Crippen molar-refractivity contribution in [3.05, 3.63) is 86.6 Å². The van der Waals surface area contributed by atoms with Crippen molar-refractivity contribution in [1.82, 2.24) is 0 Å². The lowest BCUT2D eigenvalue weighted by Crippen LogP contribution is -1.98. The van der Waals surface area contributed by atoms with Crippen LogP contribution in [0.5, 0.6) is 11.5 Å². The van der Waals surface area contributed by atoms with Crippen LogP contribution in [0.3, 0.4) is 0 Å². The van der Waals surface area contributed by atoms with Gasteiger partial charge in [-0.1, -0.05) is 12.1 Å². The van der Waals surface area contributed by atoms with E-state index < -0.39 is 0 Å². The molecule has 28 heavy (non-hydrogen) atoms. The second kappa shape index (κ2) is 9.85. The molecule has 0 unspecified atom stereocenters. The van der Waals surface area contributed by atoms with Crippen molar-refractivity contribution in [3.8, 4) is 11.5 Å². The molecule has 0 aromatic heterocycles. The highest BCUT2D eigenvalue weighted by atomic mass is 79.9. The van der Waals surface area contributed by atoms with Crippen LogP contribution in [0.2, 0.25) is 0 Å². The Bertz CT molecular complexity index is 934. The molecule has 144 valence electrons. The summed E-state index contributed by atoms with van der Waals surface area (Å²) in [6.07, 6.45) is 1.79. The standard InChI is InChI=1S/C22H18Br2FNO2/c1-2-27-19-9-7-18(8-10-19)26-13-16-11-20(23)22(21(24)12-16)28-14-15-3-5-17(25)6-4-15/h3-13H,2,14H2,1H3. The number of ether oxygens (including phenoxy) is 2. The van der Waals surface area contributed by atoms with Gasteiger partial charge in [-0.2, -0.15) is 0 Å². The number of benzene rings is 3. The van der Waals surface area contributed by atoms with E-state index in [1.807, 2.05) is 43.3 Å². The predicted molar refractivity (Wildman–Crippen MR) is 117 cm³/mol. The van der Waals surface area contributed by atoms with Crippen LogP contribution in [0.4, 0.5) is 10.1 Å². The van der Waals surface area contributed by atoms with Crippen LogP contribution in [0.1, 0.15) is 18.1 Å². The molecule has 3 aromatic rings. The molecule has 0 fully saturated rings. The van der Waals surface area contributed by atoms with E-state index in [0.717, 1.165) is 31.5 Å². The molecule has 0 amide bonds. The fourth-order valence-electron chi connectivity index (χ4n) is 2.47. The SMILES string of the molecule is CCOc1ccc(N=Cc2cc(Br)c(OCc3ccc(F)cc3)c(Br)c2)cc1. The summed E-state index contributed by atoms with van der Waals surface area (Å²) in [5, 5.41) is 0. The zero-order valence-electron chi connectivity index (χ0n) is 15.2. The quantitative estimate of drug-likeness (QED) is 0.320. The third kappa shape index (κ3) is 5.66. The molecule has 3 aromatic carbocycles. The first-order chi connectivity index (χ1) is 13.5. The number of aliphatic imine (C=N–C) groups is 1. The molecule has 0 atom stereocenters. The normalized spacial score (nSPS) is 11.0. The average Bonchev–Trinajstić information content (AvgIpc) is 2.68. The van der Waals surface area contributed by atoms with Crippen LogP contribution in [-0.4, -0.2) is 12.8 Å². The largest absolute Gasteiger partial charge is 0.494 e. The molecule has 0 saturated carbocycles. The van der Waals surface area contributed by atoms with E-state index in [0.29, 0.717) is 19.0 Å². The van der Waals surface area contributed by atoms with Gasteiger partial charge in [0.2, 0.25) is 0 Å². The molecule has 0 aliphatic carbocycles. The highest BCUT2D eigenvalue weighted by molar-refractivity contribution is 9.11. The number of hydrogen-bond acceptors (Lipinski definition) is 3. The minimum absolute atomic E-state index is 0.262. The minimum Gasteiger partial charge on any atom is -0.494 e. The monoisotopic (exact) mass is 505 g/mol. The first-order valence-electron chi connectivity index (χ1n) is 8.68. The number of halogens is 3.